The highest BCUT2D eigenvalue weighted by atomic mass is 16.4. The van der Waals surface area contributed by atoms with Crippen molar-refractivity contribution in [3.63, 3.8) is 0 Å². The Labute approximate surface area is 69.3 Å². The van der Waals surface area contributed by atoms with Gasteiger partial charge in [-0.2, -0.15) is 0 Å². The summed E-state index contributed by atoms with van der Waals surface area (Å²) in [5, 5.41) is 8.48. The zero-order valence-electron chi connectivity index (χ0n) is 6.34. The largest absolute Gasteiger partial charge is 0.480 e. The van der Waals surface area contributed by atoms with Crippen LogP contribution >= 0.6 is 0 Å². The first kappa shape index (κ1) is 8.61. The number of rotatable bonds is 3. The first-order chi connectivity index (χ1) is 5.70. The first-order valence-corrected chi connectivity index (χ1v) is 3.42. The van der Waals surface area contributed by atoms with Gasteiger partial charge in [-0.15, -0.1) is 0 Å². The van der Waals surface area contributed by atoms with Crippen LogP contribution in [0.15, 0.2) is 18.7 Å². The lowest BCUT2D eigenvalue weighted by Crippen LogP contribution is -2.32. The van der Waals surface area contributed by atoms with Crippen LogP contribution in [0.1, 0.15) is 5.56 Å². The Morgan fingerprint density at radius 1 is 1.58 bits per heavy atom. The molecule has 64 valence electrons. The fraction of sp³-hybridized carbons (Fsp3) is 0.286. The van der Waals surface area contributed by atoms with Gasteiger partial charge in [-0.25, -0.2) is 9.97 Å². The monoisotopic (exact) mass is 167 g/mol. The van der Waals surface area contributed by atoms with E-state index in [-0.39, 0.29) is 6.42 Å². The Bertz CT molecular complexity index is 263. The molecule has 0 aliphatic heterocycles. The van der Waals surface area contributed by atoms with Crippen molar-refractivity contribution in [2.75, 3.05) is 0 Å². The molecule has 0 fully saturated rings. The molecule has 0 bridgehead atoms. The molecule has 1 aromatic heterocycles. The highest BCUT2D eigenvalue weighted by molar-refractivity contribution is 5.73. The molecule has 3 N–H and O–H groups in total. The molecule has 1 unspecified atom stereocenters. The minimum Gasteiger partial charge on any atom is -0.480 e. The fourth-order valence-corrected chi connectivity index (χ4v) is 0.777. The van der Waals surface area contributed by atoms with E-state index in [0.29, 0.717) is 0 Å². The Balaban J connectivity index is 2.58. The van der Waals surface area contributed by atoms with Gasteiger partial charge >= 0.3 is 5.97 Å². The van der Waals surface area contributed by atoms with Crippen molar-refractivity contribution in [2.45, 2.75) is 12.5 Å². The second-order valence-electron chi connectivity index (χ2n) is 2.40. The Hall–Kier alpha value is -1.49. The number of hydrogen-bond acceptors (Lipinski definition) is 4. The van der Waals surface area contributed by atoms with Crippen LogP contribution in [0.2, 0.25) is 0 Å². The molecule has 0 aromatic carbocycles. The molecule has 0 saturated carbocycles. The standard InChI is InChI=1S/C7H9N3O2/c8-6(7(11)12)1-5-2-9-4-10-3-5/h2-4,6H,1,8H2,(H,11,12). The summed E-state index contributed by atoms with van der Waals surface area (Å²) in [5.74, 6) is -1.01. The van der Waals surface area contributed by atoms with Crippen molar-refractivity contribution in [2.24, 2.45) is 5.73 Å². The summed E-state index contributed by atoms with van der Waals surface area (Å²) in [6.07, 6.45) is 4.75. The number of hydrogen-bond donors (Lipinski definition) is 2. The fourth-order valence-electron chi connectivity index (χ4n) is 0.777. The number of carboxylic acid groups (broad SMARTS) is 1. The van der Waals surface area contributed by atoms with Crippen molar-refractivity contribution in [3.05, 3.63) is 24.3 Å². The average molecular weight is 167 g/mol. The number of carboxylic acids is 1. The number of nitrogens with zero attached hydrogens (tertiary/aromatic N) is 2. The summed E-state index contributed by atoms with van der Waals surface area (Å²) in [7, 11) is 0. The van der Waals surface area contributed by atoms with E-state index in [2.05, 4.69) is 9.97 Å². The molecule has 1 atom stereocenters. The number of aromatic nitrogens is 2. The van der Waals surface area contributed by atoms with Crippen LogP contribution in [0.3, 0.4) is 0 Å². The van der Waals surface area contributed by atoms with E-state index in [9.17, 15) is 4.79 Å². The predicted octanol–water partition coefficient (Wildman–Crippen LogP) is -0.569. The maximum absolute atomic E-state index is 10.3. The van der Waals surface area contributed by atoms with Gasteiger partial charge in [0.2, 0.25) is 0 Å². The molecule has 12 heavy (non-hydrogen) atoms. The van der Waals surface area contributed by atoms with Gasteiger partial charge in [-0.1, -0.05) is 0 Å². The summed E-state index contributed by atoms with van der Waals surface area (Å²) in [6, 6.07) is -0.879. The quantitative estimate of drug-likeness (QED) is 0.629. The van der Waals surface area contributed by atoms with Crippen LogP contribution in [0.25, 0.3) is 0 Å². The van der Waals surface area contributed by atoms with Gasteiger partial charge in [0.05, 0.1) is 0 Å². The van der Waals surface area contributed by atoms with E-state index in [1.54, 1.807) is 12.4 Å². The van der Waals surface area contributed by atoms with Crippen molar-refractivity contribution in [1.82, 2.24) is 9.97 Å². The van der Waals surface area contributed by atoms with E-state index in [4.69, 9.17) is 10.8 Å². The number of carbonyl (C=O) groups is 1. The van der Waals surface area contributed by atoms with Crippen molar-refractivity contribution >= 4 is 5.97 Å². The maximum Gasteiger partial charge on any atom is 0.320 e. The third-order valence-electron chi connectivity index (χ3n) is 1.39. The van der Waals surface area contributed by atoms with Crippen LogP contribution in [0, 0.1) is 0 Å². The topological polar surface area (TPSA) is 89.1 Å². The summed E-state index contributed by atoms with van der Waals surface area (Å²) >= 11 is 0. The third-order valence-corrected chi connectivity index (χ3v) is 1.39. The molecular formula is C7H9N3O2. The van der Waals surface area contributed by atoms with E-state index >= 15 is 0 Å². The lowest BCUT2D eigenvalue weighted by molar-refractivity contribution is -0.138. The van der Waals surface area contributed by atoms with Crippen LogP contribution in [-0.4, -0.2) is 27.1 Å². The second kappa shape index (κ2) is 3.77. The lowest BCUT2D eigenvalue weighted by Gasteiger charge is -2.03. The van der Waals surface area contributed by atoms with Crippen molar-refractivity contribution in [3.8, 4) is 0 Å². The minimum absolute atomic E-state index is 0.260. The van der Waals surface area contributed by atoms with Crippen LogP contribution in [0.5, 0.6) is 0 Å². The first-order valence-electron chi connectivity index (χ1n) is 3.42. The molecule has 0 aliphatic rings. The zero-order chi connectivity index (χ0) is 8.97. The molecule has 0 aliphatic carbocycles. The summed E-state index contributed by atoms with van der Waals surface area (Å²) < 4.78 is 0. The van der Waals surface area contributed by atoms with Crippen molar-refractivity contribution < 1.29 is 9.90 Å². The molecule has 5 nitrogen and oxygen atoms in total. The van der Waals surface area contributed by atoms with Gasteiger partial charge in [-0.05, 0) is 5.56 Å². The molecule has 1 rings (SSSR count). The van der Waals surface area contributed by atoms with Gasteiger partial charge in [-0.3, -0.25) is 4.79 Å². The zero-order valence-corrected chi connectivity index (χ0v) is 6.34. The van der Waals surface area contributed by atoms with E-state index in [1.165, 1.54) is 6.33 Å². The molecule has 0 radical (unpaired) electrons. The van der Waals surface area contributed by atoms with E-state index in [0.717, 1.165) is 5.56 Å². The summed E-state index contributed by atoms with van der Waals surface area (Å²) in [6.45, 7) is 0. The van der Waals surface area contributed by atoms with Gasteiger partial charge in [0.15, 0.2) is 0 Å². The van der Waals surface area contributed by atoms with E-state index < -0.39 is 12.0 Å². The Morgan fingerprint density at radius 3 is 2.67 bits per heavy atom. The van der Waals surface area contributed by atoms with E-state index in [1.807, 2.05) is 0 Å². The molecule has 0 saturated heterocycles. The number of aliphatic carboxylic acids is 1. The third kappa shape index (κ3) is 2.28. The van der Waals surface area contributed by atoms with Crippen LogP contribution in [-0.2, 0) is 11.2 Å². The van der Waals surface area contributed by atoms with Gasteiger partial charge in [0.1, 0.15) is 12.4 Å². The molecule has 5 heteroatoms. The summed E-state index contributed by atoms with van der Waals surface area (Å²) in [4.78, 5) is 17.8. The number of nitrogens with two attached hydrogens (primary N) is 1. The smallest absolute Gasteiger partial charge is 0.320 e. The maximum atomic E-state index is 10.3. The highest BCUT2D eigenvalue weighted by Gasteiger charge is 2.11. The normalized spacial score (nSPS) is 12.4. The molecule has 1 aromatic rings. The highest BCUT2D eigenvalue weighted by Crippen LogP contribution is 1.97. The average Bonchev–Trinajstić information content (AvgIpc) is 2.06. The molecular weight excluding hydrogens is 158 g/mol. The predicted molar refractivity (Wildman–Crippen MR) is 41.3 cm³/mol. The molecule has 0 amide bonds. The Morgan fingerprint density at radius 2 is 2.17 bits per heavy atom. The second-order valence-corrected chi connectivity index (χ2v) is 2.40. The molecule has 0 spiro atoms. The van der Waals surface area contributed by atoms with Gasteiger partial charge in [0.25, 0.3) is 0 Å². The van der Waals surface area contributed by atoms with Crippen molar-refractivity contribution in [1.29, 1.82) is 0 Å². The SMILES string of the molecule is NC(Cc1cncnc1)C(=O)O. The van der Waals surface area contributed by atoms with Gasteiger partial charge in [0, 0.05) is 18.8 Å². The van der Waals surface area contributed by atoms with Gasteiger partial charge < -0.3 is 10.8 Å². The Kier molecular flexibility index (Phi) is 2.71. The minimum atomic E-state index is -1.01. The summed E-state index contributed by atoms with van der Waals surface area (Å²) in [5.41, 5.74) is 6.02. The lowest BCUT2D eigenvalue weighted by atomic mass is 10.1. The molecule has 1 heterocycles. The van der Waals surface area contributed by atoms with Crippen LogP contribution < -0.4 is 5.73 Å². The van der Waals surface area contributed by atoms with Crippen LogP contribution in [0.4, 0.5) is 0 Å².